The topological polar surface area (TPSA) is 78.4 Å². The van der Waals surface area contributed by atoms with Gasteiger partial charge in [-0.3, -0.25) is 0 Å². The number of carboxylic acids is 1. The van der Waals surface area contributed by atoms with Crippen molar-refractivity contribution in [3.8, 4) is 12.3 Å². The van der Waals surface area contributed by atoms with E-state index in [1.165, 1.54) is 0 Å². The number of hydrogen-bond acceptors (Lipinski definition) is 3. The molecule has 1 rings (SSSR count). The van der Waals surface area contributed by atoms with Crippen LogP contribution in [0.2, 0.25) is 0 Å². The van der Waals surface area contributed by atoms with Gasteiger partial charge in [0.25, 0.3) is 0 Å². The molecule has 3 atom stereocenters. The highest BCUT2D eigenvalue weighted by molar-refractivity contribution is 7.99. The molecule has 0 radical (unpaired) electrons. The quantitative estimate of drug-likeness (QED) is 0.652. The number of terminal acetylenes is 1. The summed E-state index contributed by atoms with van der Waals surface area (Å²) in [5.74, 6) is 1.12. The van der Waals surface area contributed by atoms with E-state index in [1.54, 1.807) is 11.8 Å². The average Bonchev–Trinajstić information content (AvgIpc) is 2.76. The predicted octanol–water partition coefficient (Wildman–Crippen LogP) is 1.05. The molecule has 0 spiro atoms. The van der Waals surface area contributed by atoms with Gasteiger partial charge in [-0.25, -0.2) is 9.59 Å². The third-order valence-electron chi connectivity index (χ3n) is 2.98. The Hall–Kier alpha value is -1.35. The number of carboxylic acid groups (broad SMARTS) is 1. The van der Waals surface area contributed by atoms with E-state index in [0.29, 0.717) is 5.25 Å². The van der Waals surface area contributed by atoms with Gasteiger partial charge in [0.1, 0.15) is 6.04 Å². The van der Waals surface area contributed by atoms with Crippen LogP contribution < -0.4 is 10.6 Å². The number of carbonyl (C=O) groups excluding carboxylic acids is 1. The zero-order valence-corrected chi connectivity index (χ0v) is 11.1. The van der Waals surface area contributed by atoms with Crippen molar-refractivity contribution in [2.24, 2.45) is 0 Å². The van der Waals surface area contributed by atoms with E-state index >= 15 is 0 Å². The fourth-order valence-electron chi connectivity index (χ4n) is 1.99. The Morgan fingerprint density at radius 3 is 2.78 bits per heavy atom. The van der Waals surface area contributed by atoms with Gasteiger partial charge in [0, 0.05) is 17.7 Å². The highest BCUT2D eigenvalue weighted by Gasteiger charge is 2.26. The van der Waals surface area contributed by atoms with Gasteiger partial charge in [-0.05, 0) is 25.5 Å². The first-order valence-electron chi connectivity index (χ1n) is 5.83. The van der Waals surface area contributed by atoms with Crippen molar-refractivity contribution in [1.82, 2.24) is 10.6 Å². The number of hydrogen-bond donors (Lipinski definition) is 3. The molecule has 1 saturated carbocycles. The molecule has 1 aliphatic carbocycles. The second-order valence-electron chi connectivity index (χ2n) is 4.28. The Balaban J connectivity index is 2.37. The maximum Gasteiger partial charge on any atom is 0.327 e. The molecule has 0 aliphatic heterocycles. The fourth-order valence-corrected chi connectivity index (χ4v) is 2.79. The summed E-state index contributed by atoms with van der Waals surface area (Å²) in [5.41, 5.74) is 0. The molecule has 0 heterocycles. The summed E-state index contributed by atoms with van der Waals surface area (Å²) < 4.78 is 0. The smallest absolute Gasteiger partial charge is 0.327 e. The molecule has 3 unspecified atom stereocenters. The van der Waals surface area contributed by atoms with E-state index in [4.69, 9.17) is 11.5 Å². The van der Waals surface area contributed by atoms with Crippen molar-refractivity contribution >= 4 is 23.8 Å². The molecule has 0 aromatic heterocycles. The lowest BCUT2D eigenvalue weighted by Gasteiger charge is -2.16. The summed E-state index contributed by atoms with van der Waals surface area (Å²) in [6.45, 7) is 0. The van der Waals surface area contributed by atoms with Crippen molar-refractivity contribution in [3.05, 3.63) is 0 Å². The molecule has 2 amide bonds. The summed E-state index contributed by atoms with van der Waals surface area (Å²) in [7, 11) is 0. The van der Waals surface area contributed by atoms with Crippen LogP contribution in [0.4, 0.5) is 4.79 Å². The molecule has 3 N–H and O–H groups in total. The fraction of sp³-hybridized carbons (Fsp3) is 0.667. The highest BCUT2D eigenvalue weighted by atomic mass is 32.2. The maximum absolute atomic E-state index is 11.6. The van der Waals surface area contributed by atoms with Gasteiger partial charge in [0.15, 0.2) is 0 Å². The summed E-state index contributed by atoms with van der Waals surface area (Å²) in [5, 5.41) is 14.6. The average molecular weight is 270 g/mol. The number of nitrogens with one attached hydrogen (secondary N) is 2. The molecule has 18 heavy (non-hydrogen) atoms. The second kappa shape index (κ2) is 7.17. The molecule has 0 aromatic rings. The van der Waals surface area contributed by atoms with Gasteiger partial charge in [0.05, 0.1) is 0 Å². The number of aliphatic carboxylic acids is 1. The Morgan fingerprint density at radius 2 is 2.28 bits per heavy atom. The zero-order valence-electron chi connectivity index (χ0n) is 10.3. The van der Waals surface area contributed by atoms with Gasteiger partial charge >= 0.3 is 12.0 Å². The molecule has 100 valence electrons. The molecular weight excluding hydrogens is 252 g/mol. The first kappa shape index (κ1) is 14.7. The van der Waals surface area contributed by atoms with Crippen LogP contribution in [0.15, 0.2) is 0 Å². The second-order valence-corrected chi connectivity index (χ2v) is 5.42. The van der Waals surface area contributed by atoms with E-state index in [0.717, 1.165) is 19.3 Å². The first-order valence-corrected chi connectivity index (χ1v) is 7.11. The van der Waals surface area contributed by atoms with Gasteiger partial charge in [0.2, 0.25) is 0 Å². The van der Waals surface area contributed by atoms with E-state index in [9.17, 15) is 9.59 Å². The van der Waals surface area contributed by atoms with Crippen LogP contribution in [0.25, 0.3) is 0 Å². The van der Waals surface area contributed by atoms with Crippen LogP contribution in [0, 0.1) is 12.3 Å². The molecule has 1 fully saturated rings. The molecule has 0 saturated heterocycles. The number of urea groups is 1. The number of thioether (sulfide) groups is 1. The Labute approximate surface area is 111 Å². The van der Waals surface area contributed by atoms with E-state index in [1.807, 2.05) is 0 Å². The van der Waals surface area contributed by atoms with Crippen LogP contribution in [0.5, 0.6) is 0 Å². The highest BCUT2D eigenvalue weighted by Crippen LogP contribution is 2.27. The third-order valence-corrected chi connectivity index (χ3v) is 4.07. The standard InChI is InChI=1S/C12H18N2O3S/c1-3-4-10(11(15)16)14-12(17)13-8-5-6-9(7-8)18-2/h1,8-10H,4-7H2,2H3,(H,15,16)(H2,13,14,17). The molecule has 0 aromatic carbocycles. The number of rotatable bonds is 5. The molecule has 6 heteroatoms. The Morgan fingerprint density at radius 1 is 1.56 bits per heavy atom. The van der Waals surface area contributed by atoms with Gasteiger partial charge < -0.3 is 15.7 Å². The normalized spacial score (nSPS) is 24.0. The van der Waals surface area contributed by atoms with Crippen molar-refractivity contribution in [2.45, 2.75) is 43.0 Å². The molecule has 5 nitrogen and oxygen atoms in total. The minimum Gasteiger partial charge on any atom is -0.480 e. The number of carbonyl (C=O) groups is 2. The van der Waals surface area contributed by atoms with Gasteiger partial charge in [-0.2, -0.15) is 11.8 Å². The summed E-state index contributed by atoms with van der Waals surface area (Å²) in [6, 6.07) is -1.35. The Bertz CT molecular complexity index is 354. The van der Waals surface area contributed by atoms with Crippen LogP contribution in [0.1, 0.15) is 25.7 Å². The van der Waals surface area contributed by atoms with Crippen LogP contribution in [0.3, 0.4) is 0 Å². The van der Waals surface area contributed by atoms with Gasteiger partial charge in [-0.15, -0.1) is 12.3 Å². The van der Waals surface area contributed by atoms with E-state index in [2.05, 4.69) is 22.8 Å². The van der Waals surface area contributed by atoms with Crippen molar-refractivity contribution in [2.75, 3.05) is 6.26 Å². The van der Waals surface area contributed by atoms with E-state index < -0.39 is 18.0 Å². The van der Waals surface area contributed by atoms with Crippen LogP contribution in [-0.4, -0.2) is 40.7 Å². The lowest BCUT2D eigenvalue weighted by atomic mass is 10.2. The van der Waals surface area contributed by atoms with Crippen LogP contribution >= 0.6 is 11.8 Å². The Kier molecular flexibility index (Phi) is 5.86. The molecular formula is C12H18N2O3S. The summed E-state index contributed by atoms with van der Waals surface area (Å²) >= 11 is 1.80. The lowest BCUT2D eigenvalue weighted by Crippen LogP contribution is -2.48. The first-order chi connectivity index (χ1) is 8.56. The largest absolute Gasteiger partial charge is 0.480 e. The third kappa shape index (κ3) is 4.49. The predicted molar refractivity (Wildman–Crippen MR) is 71.5 cm³/mol. The maximum atomic E-state index is 11.6. The lowest BCUT2D eigenvalue weighted by molar-refractivity contribution is -0.139. The SMILES string of the molecule is C#CCC(NC(=O)NC1CCC(SC)C1)C(=O)O. The molecule has 0 bridgehead atoms. The zero-order chi connectivity index (χ0) is 13.5. The monoisotopic (exact) mass is 270 g/mol. The summed E-state index contributed by atoms with van der Waals surface area (Å²) in [4.78, 5) is 22.4. The van der Waals surface area contributed by atoms with E-state index in [-0.39, 0.29) is 12.5 Å². The summed E-state index contributed by atoms with van der Waals surface area (Å²) in [6.07, 6.45) is 10.0. The molecule has 1 aliphatic rings. The van der Waals surface area contributed by atoms with Crippen molar-refractivity contribution in [1.29, 1.82) is 0 Å². The number of amides is 2. The minimum atomic E-state index is -1.11. The van der Waals surface area contributed by atoms with Crippen LogP contribution in [-0.2, 0) is 4.79 Å². The minimum absolute atomic E-state index is 0.0130. The van der Waals surface area contributed by atoms with Crippen molar-refractivity contribution < 1.29 is 14.7 Å². The van der Waals surface area contributed by atoms with Crippen molar-refractivity contribution in [3.63, 3.8) is 0 Å². The van der Waals surface area contributed by atoms with Gasteiger partial charge in [-0.1, -0.05) is 0 Å².